The molecule has 1 aromatic rings. The molecular formula is C12H16FNO. The molecule has 0 radical (unpaired) electrons. The Bertz CT molecular complexity index is 323. The van der Waals surface area contributed by atoms with Gasteiger partial charge in [0.25, 0.3) is 0 Å². The first-order valence-electron chi connectivity index (χ1n) is 5.41. The highest BCUT2D eigenvalue weighted by molar-refractivity contribution is 5.19. The van der Waals surface area contributed by atoms with Gasteiger partial charge >= 0.3 is 0 Å². The van der Waals surface area contributed by atoms with E-state index in [0.717, 1.165) is 25.9 Å². The van der Waals surface area contributed by atoms with Crippen molar-refractivity contribution in [3.05, 3.63) is 35.6 Å². The molecule has 0 saturated carbocycles. The van der Waals surface area contributed by atoms with E-state index in [0.29, 0.717) is 5.56 Å². The first-order chi connectivity index (χ1) is 7.27. The molecule has 0 aromatic heterocycles. The van der Waals surface area contributed by atoms with Gasteiger partial charge in [0.2, 0.25) is 0 Å². The Morgan fingerprint density at radius 1 is 1.33 bits per heavy atom. The number of aliphatic hydroxyl groups is 1. The molecule has 2 rings (SSSR count). The van der Waals surface area contributed by atoms with Crippen LogP contribution in [0.2, 0.25) is 0 Å². The highest BCUT2D eigenvalue weighted by atomic mass is 19.1. The van der Waals surface area contributed by atoms with Gasteiger partial charge in [-0.3, -0.25) is 0 Å². The molecule has 1 aliphatic heterocycles. The van der Waals surface area contributed by atoms with E-state index in [-0.39, 0.29) is 11.7 Å². The third kappa shape index (κ3) is 2.55. The lowest BCUT2D eigenvalue weighted by Crippen LogP contribution is -2.30. The van der Waals surface area contributed by atoms with Crippen LogP contribution in [0.1, 0.15) is 24.5 Å². The molecule has 2 nitrogen and oxygen atoms in total. The normalized spacial score (nSPS) is 20.1. The molecule has 0 spiro atoms. The average Bonchev–Trinajstić information content (AvgIpc) is 2.29. The van der Waals surface area contributed by atoms with E-state index in [1.807, 2.05) is 0 Å². The zero-order chi connectivity index (χ0) is 10.7. The first kappa shape index (κ1) is 10.6. The maximum absolute atomic E-state index is 13.0. The molecule has 1 saturated heterocycles. The van der Waals surface area contributed by atoms with Gasteiger partial charge in [-0.15, -0.1) is 0 Å². The molecule has 2 N–H and O–H groups in total. The average molecular weight is 209 g/mol. The first-order valence-corrected chi connectivity index (χ1v) is 5.41. The van der Waals surface area contributed by atoms with E-state index >= 15 is 0 Å². The van der Waals surface area contributed by atoms with Gasteiger partial charge in [-0.25, -0.2) is 4.39 Å². The summed E-state index contributed by atoms with van der Waals surface area (Å²) < 4.78 is 13.0. The number of hydrogen-bond donors (Lipinski definition) is 2. The quantitative estimate of drug-likeness (QED) is 0.779. The summed E-state index contributed by atoms with van der Waals surface area (Å²) in [4.78, 5) is 0. The minimum atomic E-state index is -0.525. The van der Waals surface area contributed by atoms with Crippen LogP contribution in [0.3, 0.4) is 0 Å². The molecule has 0 amide bonds. The second kappa shape index (κ2) is 4.73. The third-order valence-electron chi connectivity index (χ3n) is 3.02. The Morgan fingerprint density at radius 2 is 2.07 bits per heavy atom. The van der Waals surface area contributed by atoms with Crippen molar-refractivity contribution in [2.45, 2.75) is 18.9 Å². The molecular weight excluding hydrogens is 193 g/mol. The Hall–Kier alpha value is -0.930. The molecule has 15 heavy (non-hydrogen) atoms. The number of rotatable bonds is 2. The van der Waals surface area contributed by atoms with E-state index in [4.69, 9.17) is 0 Å². The lowest BCUT2D eigenvalue weighted by atomic mass is 9.88. The maximum atomic E-state index is 13.0. The highest BCUT2D eigenvalue weighted by Crippen LogP contribution is 2.28. The summed E-state index contributed by atoms with van der Waals surface area (Å²) in [7, 11) is 0. The maximum Gasteiger partial charge on any atom is 0.123 e. The molecule has 0 aliphatic carbocycles. The summed E-state index contributed by atoms with van der Waals surface area (Å²) >= 11 is 0. The van der Waals surface area contributed by atoms with Crippen molar-refractivity contribution in [1.29, 1.82) is 0 Å². The Morgan fingerprint density at radius 3 is 2.73 bits per heavy atom. The summed E-state index contributed by atoms with van der Waals surface area (Å²) in [5.41, 5.74) is 0.696. The summed E-state index contributed by atoms with van der Waals surface area (Å²) in [5.74, 6) is -0.0199. The fraction of sp³-hybridized carbons (Fsp3) is 0.500. The highest BCUT2D eigenvalue weighted by Gasteiger charge is 2.22. The summed E-state index contributed by atoms with van der Waals surface area (Å²) in [6, 6.07) is 6.26. The van der Waals surface area contributed by atoms with Crippen LogP contribution in [0, 0.1) is 11.7 Å². The van der Waals surface area contributed by atoms with Gasteiger partial charge in [0, 0.05) is 0 Å². The van der Waals surface area contributed by atoms with Crippen LogP contribution in [0.5, 0.6) is 0 Å². The lowest BCUT2D eigenvalue weighted by molar-refractivity contribution is 0.0886. The summed E-state index contributed by atoms with van der Waals surface area (Å²) in [6.45, 7) is 1.88. The van der Waals surface area contributed by atoms with E-state index in [1.54, 1.807) is 12.1 Å². The van der Waals surface area contributed by atoms with Gasteiger partial charge in [0.15, 0.2) is 0 Å². The number of benzene rings is 1. The van der Waals surface area contributed by atoms with Gasteiger partial charge in [0.05, 0.1) is 6.10 Å². The van der Waals surface area contributed by atoms with Crippen molar-refractivity contribution in [2.75, 3.05) is 13.1 Å². The van der Waals surface area contributed by atoms with Crippen LogP contribution >= 0.6 is 0 Å². The molecule has 1 unspecified atom stereocenters. The Labute approximate surface area is 89.1 Å². The number of nitrogens with one attached hydrogen (secondary N) is 1. The number of halogens is 1. The van der Waals surface area contributed by atoms with Gasteiger partial charge < -0.3 is 10.4 Å². The number of aliphatic hydroxyl groups excluding tert-OH is 1. The second-order valence-electron chi connectivity index (χ2n) is 4.09. The molecule has 1 heterocycles. The van der Waals surface area contributed by atoms with Crippen molar-refractivity contribution in [2.24, 2.45) is 5.92 Å². The van der Waals surface area contributed by atoms with Crippen LogP contribution in [0.25, 0.3) is 0 Å². The minimum absolute atomic E-state index is 0.257. The zero-order valence-corrected chi connectivity index (χ0v) is 8.62. The van der Waals surface area contributed by atoms with Crippen LogP contribution < -0.4 is 5.32 Å². The SMILES string of the molecule is OC(c1cccc(F)c1)C1CCNCC1. The van der Waals surface area contributed by atoms with Gasteiger partial charge in [-0.2, -0.15) is 0 Å². The predicted octanol–water partition coefficient (Wildman–Crippen LogP) is 1.86. The third-order valence-corrected chi connectivity index (χ3v) is 3.02. The minimum Gasteiger partial charge on any atom is -0.388 e. The number of hydrogen-bond acceptors (Lipinski definition) is 2. The van der Waals surface area contributed by atoms with Gasteiger partial charge in [0.1, 0.15) is 5.82 Å². The Kier molecular flexibility index (Phi) is 3.34. The molecule has 82 valence electrons. The molecule has 0 bridgehead atoms. The van der Waals surface area contributed by atoms with E-state index in [2.05, 4.69) is 5.32 Å². The lowest BCUT2D eigenvalue weighted by Gasteiger charge is -2.27. The Balaban J connectivity index is 2.08. The predicted molar refractivity (Wildman–Crippen MR) is 57.0 cm³/mol. The van der Waals surface area contributed by atoms with E-state index in [1.165, 1.54) is 12.1 Å². The smallest absolute Gasteiger partial charge is 0.123 e. The van der Waals surface area contributed by atoms with Crippen molar-refractivity contribution in [3.63, 3.8) is 0 Å². The fourth-order valence-corrected chi connectivity index (χ4v) is 2.12. The van der Waals surface area contributed by atoms with Gasteiger partial charge in [-0.05, 0) is 49.5 Å². The fourth-order valence-electron chi connectivity index (χ4n) is 2.12. The number of piperidine rings is 1. The van der Waals surface area contributed by atoms with Crippen molar-refractivity contribution in [1.82, 2.24) is 5.32 Å². The van der Waals surface area contributed by atoms with Gasteiger partial charge in [-0.1, -0.05) is 12.1 Å². The van der Waals surface area contributed by atoms with Crippen LogP contribution in [-0.2, 0) is 0 Å². The molecule has 1 aliphatic rings. The molecule has 3 heteroatoms. The molecule has 1 fully saturated rings. The van der Waals surface area contributed by atoms with E-state index in [9.17, 15) is 9.50 Å². The summed E-state index contributed by atoms with van der Waals surface area (Å²) in [5, 5.41) is 13.3. The van der Waals surface area contributed by atoms with Crippen molar-refractivity contribution >= 4 is 0 Å². The van der Waals surface area contributed by atoms with E-state index < -0.39 is 6.10 Å². The van der Waals surface area contributed by atoms with Crippen LogP contribution in [0.4, 0.5) is 4.39 Å². The monoisotopic (exact) mass is 209 g/mol. The molecule has 1 atom stereocenters. The standard InChI is InChI=1S/C12H16FNO/c13-11-3-1-2-10(8-11)12(15)9-4-6-14-7-5-9/h1-3,8-9,12,14-15H,4-7H2. The topological polar surface area (TPSA) is 32.3 Å². The summed E-state index contributed by atoms with van der Waals surface area (Å²) in [6.07, 6.45) is 1.39. The zero-order valence-electron chi connectivity index (χ0n) is 8.62. The van der Waals surface area contributed by atoms with Crippen molar-refractivity contribution < 1.29 is 9.50 Å². The van der Waals surface area contributed by atoms with Crippen molar-refractivity contribution in [3.8, 4) is 0 Å². The van der Waals surface area contributed by atoms with Crippen LogP contribution in [0.15, 0.2) is 24.3 Å². The largest absolute Gasteiger partial charge is 0.388 e. The van der Waals surface area contributed by atoms with Crippen LogP contribution in [-0.4, -0.2) is 18.2 Å². The second-order valence-corrected chi connectivity index (χ2v) is 4.09. The molecule has 1 aromatic carbocycles.